The van der Waals surface area contributed by atoms with E-state index < -0.39 is 35.6 Å². The van der Waals surface area contributed by atoms with Gasteiger partial charge in [0, 0.05) is 7.05 Å². The van der Waals surface area contributed by atoms with Gasteiger partial charge in [-0.3, -0.25) is 5.41 Å². The Bertz CT molecular complexity index is 334. The van der Waals surface area contributed by atoms with E-state index in [0.29, 0.717) is 0 Å². The van der Waals surface area contributed by atoms with Gasteiger partial charge in [0.1, 0.15) is 17.0 Å². The molecule has 0 amide bonds. The molecular formula is C7H7F5N2O2. The number of alkyl halides is 5. The maximum absolute atomic E-state index is 12.2. The van der Waals surface area contributed by atoms with Crippen molar-refractivity contribution in [1.29, 1.82) is 5.41 Å². The van der Waals surface area contributed by atoms with Crippen molar-refractivity contribution in [2.24, 2.45) is 0 Å². The molecule has 0 atom stereocenters. The summed E-state index contributed by atoms with van der Waals surface area (Å²) >= 11 is 0. The SMILES string of the molecule is CN/C(=C(\C(=N)C(F)F)C(=O)O)C(F)(F)F. The van der Waals surface area contributed by atoms with Crippen molar-refractivity contribution in [3.63, 3.8) is 0 Å². The second-order valence-corrected chi connectivity index (χ2v) is 2.52. The van der Waals surface area contributed by atoms with E-state index in [2.05, 4.69) is 0 Å². The summed E-state index contributed by atoms with van der Waals surface area (Å²) in [6.07, 6.45) is -8.75. The fourth-order valence-corrected chi connectivity index (χ4v) is 0.874. The largest absolute Gasteiger partial charge is 0.478 e. The number of halogens is 5. The molecule has 0 radical (unpaired) electrons. The van der Waals surface area contributed by atoms with Crippen molar-refractivity contribution in [2.45, 2.75) is 12.6 Å². The van der Waals surface area contributed by atoms with Crippen molar-refractivity contribution in [3.8, 4) is 0 Å². The highest BCUT2D eigenvalue weighted by molar-refractivity contribution is 6.19. The Labute approximate surface area is 86.3 Å². The minimum Gasteiger partial charge on any atom is -0.478 e. The van der Waals surface area contributed by atoms with Gasteiger partial charge in [0.05, 0.1) is 0 Å². The minimum atomic E-state index is -5.15. The summed E-state index contributed by atoms with van der Waals surface area (Å²) in [5, 5.41) is 16.5. The normalized spacial score (nSPS) is 13.4. The first-order valence-corrected chi connectivity index (χ1v) is 3.72. The molecule has 0 fully saturated rings. The lowest BCUT2D eigenvalue weighted by atomic mass is 10.1. The molecule has 4 nitrogen and oxygen atoms in total. The van der Waals surface area contributed by atoms with Gasteiger partial charge in [0.2, 0.25) is 0 Å². The summed E-state index contributed by atoms with van der Waals surface area (Å²) in [6, 6.07) is 0. The fourth-order valence-electron chi connectivity index (χ4n) is 0.874. The van der Waals surface area contributed by atoms with Crippen molar-refractivity contribution >= 4 is 11.7 Å². The maximum Gasteiger partial charge on any atom is 0.431 e. The highest BCUT2D eigenvalue weighted by atomic mass is 19.4. The first kappa shape index (κ1) is 14.3. The van der Waals surface area contributed by atoms with E-state index >= 15 is 0 Å². The van der Waals surface area contributed by atoms with E-state index in [9.17, 15) is 26.7 Å². The number of allylic oxidation sites excluding steroid dienone is 1. The molecule has 0 saturated heterocycles. The highest BCUT2D eigenvalue weighted by Gasteiger charge is 2.40. The molecule has 92 valence electrons. The van der Waals surface area contributed by atoms with Crippen LogP contribution in [0, 0.1) is 5.41 Å². The predicted octanol–water partition coefficient (Wildman–Crippen LogP) is 1.39. The maximum atomic E-state index is 12.2. The molecule has 0 aliphatic rings. The summed E-state index contributed by atoms with van der Waals surface area (Å²) in [6.45, 7) is 0. The van der Waals surface area contributed by atoms with Crippen LogP contribution in [0.4, 0.5) is 22.0 Å². The standard InChI is InChI=1S/C7H7F5N2O2/c1-14-4(7(10,11)12)2(6(15)16)3(13)5(8)9/h5,13-14H,1H3,(H,15,16)/b4-2+,13-3?. The summed E-state index contributed by atoms with van der Waals surface area (Å²) in [7, 11) is 0.727. The number of carboxylic acid groups (broad SMARTS) is 1. The number of carboxylic acids is 1. The number of nitrogens with one attached hydrogen (secondary N) is 2. The van der Waals surface area contributed by atoms with Crippen molar-refractivity contribution in [2.75, 3.05) is 7.05 Å². The second kappa shape index (κ2) is 4.90. The number of hydrogen-bond donors (Lipinski definition) is 3. The van der Waals surface area contributed by atoms with Gasteiger partial charge in [-0.1, -0.05) is 0 Å². The molecule has 0 aromatic heterocycles. The van der Waals surface area contributed by atoms with Crippen LogP contribution in [0.1, 0.15) is 0 Å². The average Bonchev–Trinajstić information content (AvgIpc) is 2.09. The van der Waals surface area contributed by atoms with E-state index in [-0.39, 0.29) is 0 Å². The highest BCUT2D eigenvalue weighted by Crippen LogP contribution is 2.27. The molecular weight excluding hydrogens is 239 g/mol. The lowest BCUT2D eigenvalue weighted by Crippen LogP contribution is -2.32. The van der Waals surface area contributed by atoms with Crippen LogP contribution in [0.15, 0.2) is 11.3 Å². The van der Waals surface area contributed by atoms with Crippen LogP contribution < -0.4 is 5.32 Å². The van der Waals surface area contributed by atoms with Crippen LogP contribution in [-0.2, 0) is 4.79 Å². The molecule has 9 heteroatoms. The van der Waals surface area contributed by atoms with Gasteiger partial charge in [0.15, 0.2) is 0 Å². The van der Waals surface area contributed by atoms with E-state index in [1.165, 1.54) is 5.32 Å². The smallest absolute Gasteiger partial charge is 0.431 e. The molecule has 0 rings (SSSR count). The Morgan fingerprint density at radius 2 is 1.81 bits per heavy atom. The van der Waals surface area contributed by atoms with Crippen LogP contribution >= 0.6 is 0 Å². The molecule has 0 aliphatic heterocycles. The third kappa shape index (κ3) is 3.17. The Balaban J connectivity index is 5.72. The molecule has 0 bridgehead atoms. The average molecular weight is 246 g/mol. The van der Waals surface area contributed by atoms with Crippen molar-refractivity contribution in [1.82, 2.24) is 5.32 Å². The molecule has 16 heavy (non-hydrogen) atoms. The van der Waals surface area contributed by atoms with E-state index in [1.54, 1.807) is 0 Å². The Kier molecular flexibility index (Phi) is 4.39. The zero-order valence-corrected chi connectivity index (χ0v) is 7.82. The lowest BCUT2D eigenvalue weighted by Gasteiger charge is -2.15. The van der Waals surface area contributed by atoms with E-state index in [0.717, 1.165) is 7.05 Å². The third-order valence-electron chi connectivity index (χ3n) is 1.48. The summed E-state index contributed by atoms with van der Waals surface area (Å²) in [5.41, 5.74) is -5.57. The Hall–Kier alpha value is -1.67. The third-order valence-corrected chi connectivity index (χ3v) is 1.48. The molecule has 0 aromatic rings. The van der Waals surface area contributed by atoms with Crippen LogP contribution in [0.2, 0.25) is 0 Å². The van der Waals surface area contributed by atoms with E-state index in [4.69, 9.17) is 10.5 Å². The summed E-state index contributed by atoms with van der Waals surface area (Å²) in [5.74, 6) is -2.24. The van der Waals surface area contributed by atoms with Gasteiger partial charge in [-0.05, 0) is 0 Å². The molecule has 0 heterocycles. The van der Waals surface area contributed by atoms with Crippen LogP contribution in [0.5, 0.6) is 0 Å². The number of rotatable bonds is 4. The van der Waals surface area contributed by atoms with Crippen molar-refractivity contribution in [3.05, 3.63) is 11.3 Å². The van der Waals surface area contributed by atoms with Gasteiger partial charge in [-0.25, -0.2) is 13.6 Å². The van der Waals surface area contributed by atoms with Gasteiger partial charge < -0.3 is 10.4 Å². The van der Waals surface area contributed by atoms with Crippen LogP contribution in [-0.4, -0.2) is 36.4 Å². The number of aliphatic carboxylic acids is 1. The van der Waals surface area contributed by atoms with Gasteiger partial charge >= 0.3 is 12.1 Å². The summed E-state index contributed by atoms with van der Waals surface area (Å²) in [4.78, 5) is 10.4. The van der Waals surface area contributed by atoms with Gasteiger partial charge in [0.25, 0.3) is 6.43 Å². The Morgan fingerprint density at radius 1 is 1.38 bits per heavy atom. The number of hydrogen-bond acceptors (Lipinski definition) is 3. The molecule has 0 saturated carbocycles. The van der Waals surface area contributed by atoms with E-state index in [1.807, 2.05) is 0 Å². The predicted molar refractivity (Wildman–Crippen MR) is 43.5 cm³/mol. The first-order valence-electron chi connectivity index (χ1n) is 3.72. The van der Waals surface area contributed by atoms with Crippen LogP contribution in [0.3, 0.4) is 0 Å². The zero-order valence-electron chi connectivity index (χ0n) is 7.82. The monoisotopic (exact) mass is 246 g/mol. The number of carbonyl (C=O) groups is 1. The Morgan fingerprint density at radius 3 is 2.00 bits per heavy atom. The molecule has 0 spiro atoms. The van der Waals surface area contributed by atoms with Gasteiger partial charge in [-0.2, -0.15) is 13.2 Å². The quantitative estimate of drug-likeness (QED) is 0.398. The topological polar surface area (TPSA) is 73.2 Å². The summed E-state index contributed by atoms with van der Waals surface area (Å²) < 4.78 is 60.7. The van der Waals surface area contributed by atoms with Crippen molar-refractivity contribution < 1.29 is 31.9 Å². The molecule has 0 unspecified atom stereocenters. The molecule has 0 aliphatic carbocycles. The van der Waals surface area contributed by atoms with Gasteiger partial charge in [-0.15, -0.1) is 0 Å². The molecule has 0 aromatic carbocycles. The first-order chi connectivity index (χ1) is 7.12. The fraction of sp³-hybridized carbons (Fsp3) is 0.429. The minimum absolute atomic E-state index is 0.727. The zero-order chi connectivity index (χ0) is 13.1. The van der Waals surface area contributed by atoms with Crippen LogP contribution in [0.25, 0.3) is 0 Å². The molecule has 3 N–H and O–H groups in total. The second-order valence-electron chi connectivity index (χ2n) is 2.52. The lowest BCUT2D eigenvalue weighted by molar-refractivity contribution is -0.133.